The Morgan fingerprint density at radius 2 is 1.64 bits per heavy atom. The number of sulfone groups is 1. The van der Waals surface area contributed by atoms with Crippen molar-refractivity contribution in [1.29, 1.82) is 0 Å². The highest BCUT2D eigenvalue weighted by Gasteiger charge is 2.32. The summed E-state index contributed by atoms with van der Waals surface area (Å²) in [5.74, 6) is -0.555. The Hall–Kier alpha value is -3.04. The first-order chi connectivity index (χ1) is 18.3. The highest BCUT2D eigenvalue weighted by Crippen LogP contribution is 2.47. The minimum Gasteiger partial charge on any atom is -0.478 e. The maximum absolute atomic E-state index is 13.3. The van der Waals surface area contributed by atoms with Gasteiger partial charge in [0.05, 0.1) is 29.3 Å². The number of rotatable bonds is 4. The number of aromatic nitrogens is 1. The minimum atomic E-state index is -3.06. The van der Waals surface area contributed by atoms with E-state index in [1.54, 1.807) is 17.0 Å². The maximum atomic E-state index is 13.3. The zero-order valence-electron chi connectivity index (χ0n) is 21.8. The lowest BCUT2D eigenvalue weighted by molar-refractivity contribution is -0.129. The normalized spacial score (nSPS) is 19.1. The van der Waals surface area contributed by atoms with Crippen molar-refractivity contribution in [1.82, 2.24) is 9.47 Å². The first kappa shape index (κ1) is 27.5. The van der Waals surface area contributed by atoms with Gasteiger partial charge in [-0.3, -0.25) is 4.79 Å². The van der Waals surface area contributed by atoms with E-state index in [0.717, 1.165) is 40.7 Å². The fourth-order valence-corrected chi connectivity index (χ4v) is 7.72. The average Bonchev–Trinajstić information content (AvgIpc) is 3.15. The topological polar surface area (TPSA) is 99.9 Å². The van der Waals surface area contributed by atoms with Crippen LogP contribution in [0.5, 0.6) is 0 Å². The molecule has 10 heteroatoms. The molecule has 2 aromatic carbocycles. The van der Waals surface area contributed by atoms with E-state index >= 15 is 0 Å². The molecule has 2 fully saturated rings. The van der Waals surface area contributed by atoms with Crippen LogP contribution >= 0.6 is 12.4 Å². The fourth-order valence-electron chi connectivity index (χ4n) is 6.52. The molecule has 1 saturated heterocycles. The summed E-state index contributed by atoms with van der Waals surface area (Å²) in [5, 5.41) is 10.8. The van der Waals surface area contributed by atoms with E-state index in [1.807, 2.05) is 18.2 Å². The van der Waals surface area contributed by atoms with Crippen LogP contribution in [0.15, 0.2) is 42.5 Å². The summed E-state index contributed by atoms with van der Waals surface area (Å²) in [6.45, 7) is 1.88. The molecule has 39 heavy (non-hydrogen) atoms. The molecule has 2 aliphatic heterocycles. The summed E-state index contributed by atoms with van der Waals surface area (Å²) < 4.78 is 26.0. The van der Waals surface area contributed by atoms with E-state index in [-0.39, 0.29) is 55.0 Å². The lowest BCUT2D eigenvalue weighted by Gasteiger charge is -2.31. The van der Waals surface area contributed by atoms with Gasteiger partial charge in [-0.25, -0.2) is 13.2 Å². The van der Waals surface area contributed by atoms with Gasteiger partial charge in [-0.2, -0.15) is 0 Å². The van der Waals surface area contributed by atoms with Crippen LogP contribution in [-0.4, -0.2) is 72.6 Å². The molecule has 1 N–H and O–H groups in total. The van der Waals surface area contributed by atoms with Crippen LogP contribution in [0.4, 0.5) is 5.69 Å². The second-order valence-corrected chi connectivity index (χ2v) is 13.1. The second-order valence-electron chi connectivity index (χ2n) is 10.8. The number of hydrogen-bond donors (Lipinski definition) is 1. The molecule has 0 radical (unpaired) electrons. The summed E-state index contributed by atoms with van der Waals surface area (Å²) in [6.07, 6.45) is 5.87. The van der Waals surface area contributed by atoms with E-state index in [0.29, 0.717) is 19.0 Å². The van der Waals surface area contributed by atoms with Gasteiger partial charge >= 0.3 is 5.97 Å². The van der Waals surface area contributed by atoms with E-state index in [9.17, 15) is 23.1 Å². The summed E-state index contributed by atoms with van der Waals surface area (Å²) >= 11 is 0. The molecule has 1 aromatic heterocycles. The molecule has 1 amide bonds. The van der Waals surface area contributed by atoms with Gasteiger partial charge in [0, 0.05) is 48.3 Å². The third-order valence-corrected chi connectivity index (χ3v) is 10.1. The Morgan fingerprint density at radius 3 is 2.36 bits per heavy atom. The number of amides is 1. The first-order valence-corrected chi connectivity index (χ1v) is 15.4. The first-order valence-electron chi connectivity index (χ1n) is 13.5. The van der Waals surface area contributed by atoms with Gasteiger partial charge in [-0.15, -0.1) is 12.4 Å². The molecular weight excluding hydrogens is 538 g/mol. The predicted octanol–water partition coefficient (Wildman–Crippen LogP) is 4.55. The van der Waals surface area contributed by atoms with E-state index < -0.39 is 15.8 Å². The Bertz CT molecular complexity index is 1510. The Morgan fingerprint density at radius 1 is 0.923 bits per heavy atom. The molecule has 0 spiro atoms. The summed E-state index contributed by atoms with van der Waals surface area (Å²) in [4.78, 5) is 28.9. The maximum Gasteiger partial charge on any atom is 0.335 e. The third-order valence-electron chi connectivity index (χ3n) is 8.48. The number of benzene rings is 2. The minimum absolute atomic E-state index is 0. The van der Waals surface area contributed by atoms with Gasteiger partial charge in [-0.05, 0) is 42.5 Å². The zero-order valence-corrected chi connectivity index (χ0v) is 23.5. The van der Waals surface area contributed by atoms with Crippen LogP contribution in [0.3, 0.4) is 0 Å². The Balaban J connectivity index is 0.00000308. The summed E-state index contributed by atoms with van der Waals surface area (Å²) in [7, 11) is -3.06. The number of anilines is 1. The van der Waals surface area contributed by atoms with Crippen molar-refractivity contribution in [3.8, 4) is 11.3 Å². The molecule has 1 aliphatic carbocycles. The molecule has 0 unspecified atom stereocenters. The second kappa shape index (κ2) is 10.8. The highest BCUT2D eigenvalue weighted by molar-refractivity contribution is 7.91. The molecule has 208 valence electrons. The van der Waals surface area contributed by atoms with Crippen molar-refractivity contribution >= 4 is 50.7 Å². The van der Waals surface area contributed by atoms with Gasteiger partial charge in [0.25, 0.3) is 0 Å². The van der Waals surface area contributed by atoms with E-state index in [4.69, 9.17) is 0 Å². The number of aromatic carboxylic acids is 1. The average molecular weight is 572 g/mol. The van der Waals surface area contributed by atoms with E-state index in [1.165, 1.54) is 24.8 Å². The molecule has 1 saturated carbocycles. The number of halogens is 1. The molecule has 0 bridgehead atoms. The summed E-state index contributed by atoms with van der Waals surface area (Å²) in [6, 6.07) is 13.7. The third kappa shape index (κ3) is 5.14. The van der Waals surface area contributed by atoms with Crippen molar-refractivity contribution < 1.29 is 23.1 Å². The van der Waals surface area contributed by atoms with E-state index in [2.05, 4.69) is 21.6 Å². The lowest BCUT2D eigenvalue weighted by atomic mass is 9.81. The quantitative estimate of drug-likeness (QED) is 0.493. The largest absolute Gasteiger partial charge is 0.478 e. The van der Waals surface area contributed by atoms with Gasteiger partial charge in [-0.1, -0.05) is 43.5 Å². The number of hydrogen-bond acceptors (Lipinski definition) is 5. The Labute approximate surface area is 234 Å². The smallest absolute Gasteiger partial charge is 0.335 e. The number of carboxylic acids is 1. The number of fused-ring (bicyclic) bond motifs is 5. The van der Waals surface area contributed by atoms with Gasteiger partial charge in [0.15, 0.2) is 9.84 Å². The van der Waals surface area contributed by atoms with Crippen LogP contribution in [0.2, 0.25) is 0 Å². The standard InChI is InChI=1S/C29H33N3O5S.ClH/c33-26(30-14-16-38(36,37)17-15-30)19-31-12-13-32-25-18-21(29(34)35)10-11-22(25)27(20-6-2-1-3-7-20)28(32)23-8-4-5-9-24(23)31;/h4-5,8-11,18,20H,1-3,6-7,12-17,19H2,(H,34,35);1H. The van der Waals surface area contributed by atoms with Gasteiger partial charge in [0.2, 0.25) is 5.91 Å². The van der Waals surface area contributed by atoms with Crippen LogP contribution in [-0.2, 0) is 21.2 Å². The predicted molar refractivity (Wildman–Crippen MR) is 155 cm³/mol. The summed E-state index contributed by atoms with van der Waals surface area (Å²) in [5.41, 5.74) is 5.71. The molecule has 8 nitrogen and oxygen atoms in total. The van der Waals surface area contributed by atoms with Gasteiger partial charge in [0.1, 0.15) is 0 Å². The zero-order chi connectivity index (χ0) is 26.4. The Kier molecular flexibility index (Phi) is 7.66. The molecule has 3 heterocycles. The fraction of sp³-hybridized carbons (Fsp3) is 0.448. The highest BCUT2D eigenvalue weighted by atomic mass is 35.5. The van der Waals surface area contributed by atoms with Crippen LogP contribution in [0.1, 0.15) is 53.9 Å². The van der Waals surface area contributed by atoms with Crippen LogP contribution in [0.25, 0.3) is 22.2 Å². The number of carbonyl (C=O) groups is 2. The molecule has 3 aliphatic rings. The molecule has 3 aromatic rings. The van der Waals surface area contributed by atoms with Crippen molar-refractivity contribution in [3.05, 3.63) is 53.6 Å². The van der Waals surface area contributed by atoms with Crippen molar-refractivity contribution in [2.75, 3.05) is 42.6 Å². The SMILES string of the molecule is Cl.O=C(O)c1ccc2c(C3CCCCC3)c3n(c2c1)CCN(CC(=O)N1CCS(=O)(=O)CC1)c1ccccc1-3. The van der Waals surface area contributed by atoms with Crippen LogP contribution in [0, 0.1) is 0 Å². The number of para-hydroxylation sites is 1. The number of carbonyl (C=O) groups excluding carboxylic acids is 1. The van der Waals surface area contributed by atoms with Crippen molar-refractivity contribution in [2.45, 2.75) is 44.6 Å². The van der Waals surface area contributed by atoms with Crippen LogP contribution < -0.4 is 4.90 Å². The van der Waals surface area contributed by atoms with Crippen molar-refractivity contribution in [3.63, 3.8) is 0 Å². The molecular formula is C29H34ClN3O5S. The molecule has 6 rings (SSSR count). The number of nitrogens with zero attached hydrogens (tertiary/aromatic N) is 3. The van der Waals surface area contributed by atoms with Gasteiger partial charge < -0.3 is 19.5 Å². The molecule has 0 atom stereocenters. The monoisotopic (exact) mass is 571 g/mol. The number of carboxylic acid groups (broad SMARTS) is 1. The van der Waals surface area contributed by atoms with Crippen molar-refractivity contribution in [2.24, 2.45) is 0 Å². The lowest BCUT2D eigenvalue weighted by Crippen LogP contribution is -2.48.